The van der Waals surface area contributed by atoms with Crippen molar-refractivity contribution in [3.05, 3.63) is 57.9 Å². The molecule has 0 aliphatic heterocycles. The first-order valence-electron chi connectivity index (χ1n) is 22.6. The van der Waals surface area contributed by atoms with E-state index in [0.717, 1.165) is 5.56 Å². The van der Waals surface area contributed by atoms with Crippen molar-refractivity contribution >= 4 is 81.6 Å². The number of benzene rings is 1. The predicted octanol–water partition coefficient (Wildman–Crippen LogP) is 9.54. The summed E-state index contributed by atoms with van der Waals surface area (Å²) in [5.74, 6) is -0.0169. The molecule has 356 valence electrons. The van der Waals surface area contributed by atoms with Crippen molar-refractivity contribution in [1.82, 2.24) is 39.0 Å². The first-order valence-corrected chi connectivity index (χ1v) is 23.3. The summed E-state index contributed by atoms with van der Waals surface area (Å²) in [7, 11) is 0. The molecular weight excluding hydrogens is 891 g/mol. The van der Waals surface area contributed by atoms with Crippen LogP contribution in [0.4, 0.5) is 21.5 Å². The highest BCUT2D eigenvalue weighted by Gasteiger charge is 2.30. The number of carbonyl (C=O) groups is 4. The zero-order chi connectivity index (χ0) is 47.8. The summed E-state index contributed by atoms with van der Waals surface area (Å²) in [4.78, 5) is 82.9. The first kappa shape index (κ1) is 49.8. The Hall–Kier alpha value is -5.62. The Labute approximate surface area is 394 Å². The molecule has 66 heavy (non-hydrogen) atoms. The lowest BCUT2D eigenvalue weighted by Crippen LogP contribution is -2.38. The average Bonchev–Trinajstić information content (AvgIpc) is 3.81. The zero-order valence-electron chi connectivity index (χ0n) is 39.1. The number of unbranched alkanes of at least 4 members (excludes halogenated alkanes) is 2. The molecule has 20 heteroatoms. The van der Waals surface area contributed by atoms with Crippen molar-refractivity contribution in [2.24, 2.45) is 0 Å². The van der Waals surface area contributed by atoms with Gasteiger partial charge in [0.05, 0.1) is 26.1 Å². The Morgan fingerprint density at radius 3 is 1.89 bits per heavy atom. The predicted molar refractivity (Wildman–Crippen MR) is 250 cm³/mol. The fourth-order valence-electron chi connectivity index (χ4n) is 7.66. The third-order valence-electron chi connectivity index (χ3n) is 10.6. The Bertz CT molecular complexity index is 2510. The molecule has 0 spiro atoms. The number of hydrogen-bond acceptors (Lipinski definition) is 14. The number of rotatable bonds is 17. The molecule has 0 radical (unpaired) electrons. The Balaban J connectivity index is 1.25. The van der Waals surface area contributed by atoms with Gasteiger partial charge in [-0.05, 0) is 98.1 Å². The minimum atomic E-state index is -0.833. The Kier molecular flexibility index (Phi) is 16.4. The van der Waals surface area contributed by atoms with Crippen molar-refractivity contribution < 1.29 is 38.1 Å². The van der Waals surface area contributed by atoms with Crippen LogP contribution >= 0.6 is 23.2 Å². The molecule has 18 nitrogen and oxygen atoms in total. The number of anilines is 2. The van der Waals surface area contributed by atoms with Crippen LogP contribution in [0, 0.1) is 0 Å². The number of fused-ring (bicyclic) bond motifs is 2. The van der Waals surface area contributed by atoms with E-state index in [0.29, 0.717) is 37.4 Å². The number of esters is 2. The third-order valence-corrected chi connectivity index (χ3v) is 11.1. The summed E-state index contributed by atoms with van der Waals surface area (Å²) in [6.07, 6.45) is 8.09. The molecule has 1 fully saturated rings. The van der Waals surface area contributed by atoms with E-state index in [9.17, 15) is 19.2 Å². The monoisotopic (exact) mass is 950 g/mol. The molecule has 0 saturated heterocycles. The van der Waals surface area contributed by atoms with Gasteiger partial charge in [-0.2, -0.15) is 19.9 Å². The summed E-state index contributed by atoms with van der Waals surface area (Å²) in [6.45, 7) is 14.3. The van der Waals surface area contributed by atoms with Gasteiger partial charge >= 0.3 is 24.1 Å². The number of aryl methyl sites for hydroxylation is 1. The van der Waals surface area contributed by atoms with Gasteiger partial charge in [-0.1, -0.05) is 73.2 Å². The highest BCUT2D eigenvalue weighted by molar-refractivity contribution is 6.34. The van der Waals surface area contributed by atoms with Crippen LogP contribution in [0.2, 0.25) is 10.3 Å². The summed E-state index contributed by atoms with van der Waals surface area (Å²) in [6, 6.07) is 8.28. The van der Waals surface area contributed by atoms with Crippen LogP contribution in [0.15, 0.2) is 30.6 Å². The van der Waals surface area contributed by atoms with Crippen LogP contribution < -0.4 is 9.80 Å². The van der Waals surface area contributed by atoms with E-state index in [-0.39, 0.29) is 83.9 Å². The number of aromatic nitrogens is 8. The zero-order valence-corrected chi connectivity index (χ0v) is 40.6. The van der Waals surface area contributed by atoms with Crippen LogP contribution in [0.3, 0.4) is 0 Å². The topological polar surface area (TPSA) is 199 Å². The Morgan fingerprint density at radius 1 is 0.697 bits per heavy atom. The molecule has 0 unspecified atom stereocenters. The molecular formula is C46H60Cl2N10O8. The van der Waals surface area contributed by atoms with E-state index >= 15 is 0 Å². The molecule has 0 N–H and O–H groups in total. The summed E-state index contributed by atoms with van der Waals surface area (Å²) in [5, 5.41) is -0.0124. The molecule has 2 amide bonds. The number of hydrogen-bond donors (Lipinski definition) is 0. The standard InChI is InChI=1S/C46H60Cl2N10O8/c1-9-63-33(59)26-55-28-49-35-37(47)51-41(53-39(35)55)56(43(61)65-45(3,4)5)24-16-12-15-19-32-50-36-38(48)52-42(54-40(36)57(32)27-34(60)64-10-2)58(44(62)66-46(6,7)8)25-29-20-22-31(23-21-29)30-17-13-11-14-18-30/h20-23,28,30H,9-19,24-27H2,1-8H3. The number of amides is 2. The van der Waals surface area contributed by atoms with Gasteiger partial charge in [0.1, 0.15) is 41.1 Å². The van der Waals surface area contributed by atoms with E-state index in [4.69, 9.17) is 52.1 Å². The molecule has 1 aliphatic carbocycles. The summed E-state index contributed by atoms with van der Waals surface area (Å²) in [5.41, 5.74) is 1.48. The second kappa shape index (κ2) is 21.8. The molecule has 1 saturated carbocycles. The lowest BCUT2D eigenvalue weighted by Gasteiger charge is -2.26. The number of halogens is 2. The van der Waals surface area contributed by atoms with Crippen molar-refractivity contribution in [2.75, 3.05) is 29.6 Å². The molecule has 0 atom stereocenters. The molecule has 4 aromatic heterocycles. The average molecular weight is 952 g/mol. The van der Waals surface area contributed by atoms with Crippen molar-refractivity contribution in [3.63, 3.8) is 0 Å². The molecule has 0 bridgehead atoms. The van der Waals surface area contributed by atoms with Crippen LogP contribution in [-0.4, -0.2) is 94.1 Å². The highest BCUT2D eigenvalue weighted by atomic mass is 35.5. The molecule has 5 aromatic rings. The van der Waals surface area contributed by atoms with Gasteiger partial charge < -0.3 is 28.1 Å². The van der Waals surface area contributed by atoms with Crippen LogP contribution in [0.1, 0.15) is 130 Å². The molecule has 1 aliphatic rings. The van der Waals surface area contributed by atoms with Crippen molar-refractivity contribution in [1.29, 1.82) is 0 Å². The number of imidazole rings is 2. The van der Waals surface area contributed by atoms with Crippen molar-refractivity contribution in [2.45, 2.75) is 150 Å². The second-order valence-corrected chi connectivity index (χ2v) is 18.9. The van der Waals surface area contributed by atoms with E-state index in [1.165, 1.54) is 58.4 Å². The molecule has 6 rings (SSSR count). The fourth-order valence-corrected chi connectivity index (χ4v) is 8.07. The summed E-state index contributed by atoms with van der Waals surface area (Å²) < 4.78 is 25.1. The van der Waals surface area contributed by atoms with Gasteiger partial charge in [-0.15, -0.1) is 0 Å². The van der Waals surface area contributed by atoms with Crippen molar-refractivity contribution in [3.8, 4) is 0 Å². The number of ether oxygens (including phenoxy) is 4. The van der Waals surface area contributed by atoms with Gasteiger partial charge in [0.2, 0.25) is 11.9 Å². The van der Waals surface area contributed by atoms with Gasteiger partial charge in [-0.3, -0.25) is 9.59 Å². The first-order chi connectivity index (χ1) is 31.3. The Morgan fingerprint density at radius 2 is 1.27 bits per heavy atom. The maximum atomic E-state index is 13.9. The SMILES string of the molecule is CCOC(=O)Cn1cnc2c(Cl)nc(N(CCCCCc3nc4c(Cl)nc(N(Cc5ccc(C6CCCCC6)cc5)C(=O)OC(C)(C)C)nc4n3CC(=O)OCC)C(=O)OC(C)(C)C)nc21. The van der Waals surface area contributed by atoms with E-state index in [2.05, 4.69) is 32.1 Å². The lowest BCUT2D eigenvalue weighted by atomic mass is 9.84. The fraction of sp³-hybridized carbons (Fsp3) is 0.565. The lowest BCUT2D eigenvalue weighted by molar-refractivity contribution is -0.144. The maximum absolute atomic E-state index is 13.9. The van der Waals surface area contributed by atoms with Gasteiger partial charge in [0, 0.05) is 13.0 Å². The molecule has 4 heterocycles. The van der Waals surface area contributed by atoms with Crippen LogP contribution in [-0.2, 0) is 54.6 Å². The van der Waals surface area contributed by atoms with E-state index in [1.807, 2.05) is 12.1 Å². The normalized spacial score (nSPS) is 13.5. The van der Waals surface area contributed by atoms with Crippen LogP contribution in [0.5, 0.6) is 0 Å². The van der Waals surface area contributed by atoms with Gasteiger partial charge in [0.25, 0.3) is 0 Å². The molecule has 1 aromatic carbocycles. The number of nitrogens with zero attached hydrogens (tertiary/aromatic N) is 10. The van der Waals surface area contributed by atoms with Gasteiger partial charge in [-0.25, -0.2) is 29.4 Å². The number of carbonyl (C=O) groups excluding carboxylic acids is 4. The quantitative estimate of drug-likeness (QED) is 0.0369. The largest absolute Gasteiger partial charge is 0.465 e. The summed E-state index contributed by atoms with van der Waals surface area (Å²) >= 11 is 13.4. The van der Waals surface area contributed by atoms with E-state index < -0.39 is 35.3 Å². The van der Waals surface area contributed by atoms with Crippen LogP contribution in [0.25, 0.3) is 22.3 Å². The highest BCUT2D eigenvalue weighted by Crippen LogP contribution is 2.33. The minimum Gasteiger partial charge on any atom is -0.465 e. The van der Waals surface area contributed by atoms with E-state index in [1.54, 1.807) is 60.0 Å². The maximum Gasteiger partial charge on any atom is 0.417 e. The third kappa shape index (κ3) is 13.0. The minimum absolute atomic E-state index is 0.00526. The van der Waals surface area contributed by atoms with Gasteiger partial charge in [0.15, 0.2) is 21.6 Å². The smallest absolute Gasteiger partial charge is 0.417 e. The second-order valence-electron chi connectivity index (χ2n) is 18.2.